The second-order valence-electron chi connectivity index (χ2n) is 5.52. The van der Waals surface area contributed by atoms with Crippen molar-refractivity contribution < 1.29 is 4.74 Å². The highest BCUT2D eigenvalue weighted by atomic mass is 16.5. The van der Waals surface area contributed by atoms with E-state index in [1.807, 2.05) is 13.0 Å². The number of unbranched alkanes of at least 4 members (excludes halogenated alkanes) is 1. The lowest BCUT2D eigenvalue weighted by atomic mass is 9.98. The topological polar surface area (TPSA) is 21.3 Å². The maximum atomic E-state index is 5.72. The van der Waals surface area contributed by atoms with E-state index in [0.717, 1.165) is 24.8 Å². The molecule has 1 aromatic rings. The molecule has 0 bridgehead atoms. The van der Waals surface area contributed by atoms with Crippen LogP contribution < -0.4 is 10.1 Å². The van der Waals surface area contributed by atoms with Crippen LogP contribution in [0, 0.1) is 5.92 Å². The van der Waals surface area contributed by atoms with Crippen molar-refractivity contribution in [2.45, 2.75) is 59.4 Å². The van der Waals surface area contributed by atoms with Crippen LogP contribution in [0.3, 0.4) is 0 Å². The molecule has 0 aromatic heterocycles. The minimum atomic E-state index is 0.341. The van der Waals surface area contributed by atoms with Gasteiger partial charge in [-0.1, -0.05) is 51.3 Å². The summed E-state index contributed by atoms with van der Waals surface area (Å²) >= 11 is 0. The van der Waals surface area contributed by atoms with Crippen LogP contribution in [-0.2, 0) is 0 Å². The SMILES string of the molecule is CCCCC(CC)CNC(C)c1ccccc1OCC. The number of para-hydroxylation sites is 1. The molecule has 0 aliphatic heterocycles. The van der Waals surface area contributed by atoms with E-state index in [1.54, 1.807) is 0 Å². The maximum absolute atomic E-state index is 5.72. The van der Waals surface area contributed by atoms with Gasteiger partial charge in [0.25, 0.3) is 0 Å². The third kappa shape index (κ3) is 5.54. The monoisotopic (exact) mass is 277 g/mol. The molecule has 0 spiro atoms. The predicted octanol–water partition coefficient (Wildman–Crippen LogP) is 4.95. The summed E-state index contributed by atoms with van der Waals surface area (Å²) in [7, 11) is 0. The number of benzene rings is 1. The molecule has 0 heterocycles. The first-order valence-corrected chi connectivity index (χ1v) is 8.17. The van der Waals surface area contributed by atoms with Crippen molar-refractivity contribution in [3.8, 4) is 5.75 Å². The van der Waals surface area contributed by atoms with Crippen LogP contribution in [0.15, 0.2) is 24.3 Å². The maximum Gasteiger partial charge on any atom is 0.124 e. The number of nitrogens with one attached hydrogen (secondary N) is 1. The zero-order valence-corrected chi connectivity index (χ0v) is 13.6. The van der Waals surface area contributed by atoms with Gasteiger partial charge in [-0.3, -0.25) is 0 Å². The summed E-state index contributed by atoms with van der Waals surface area (Å²) in [4.78, 5) is 0. The number of hydrogen-bond donors (Lipinski definition) is 1. The lowest BCUT2D eigenvalue weighted by molar-refractivity contribution is 0.329. The van der Waals surface area contributed by atoms with Crippen LogP contribution >= 0.6 is 0 Å². The summed E-state index contributed by atoms with van der Waals surface area (Å²) in [5, 5.41) is 3.68. The molecule has 1 N–H and O–H groups in total. The summed E-state index contributed by atoms with van der Waals surface area (Å²) < 4.78 is 5.72. The molecule has 114 valence electrons. The Labute approximate surface area is 124 Å². The summed E-state index contributed by atoms with van der Waals surface area (Å²) in [6.07, 6.45) is 5.22. The van der Waals surface area contributed by atoms with Crippen LogP contribution in [0.4, 0.5) is 0 Å². The highest BCUT2D eigenvalue weighted by Crippen LogP contribution is 2.25. The van der Waals surface area contributed by atoms with Crippen molar-refractivity contribution in [3.63, 3.8) is 0 Å². The van der Waals surface area contributed by atoms with Gasteiger partial charge in [0, 0.05) is 11.6 Å². The molecule has 0 saturated heterocycles. The Balaban J connectivity index is 2.55. The van der Waals surface area contributed by atoms with E-state index in [-0.39, 0.29) is 0 Å². The van der Waals surface area contributed by atoms with E-state index in [9.17, 15) is 0 Å². The second kappa shape index (κ2) is 9.82. The van der Waals surface area contributed by atoms with Crippen LogP contribution in [0.5, 0.6) is 5.75 Å². The zero-order valence-electron chi connectivity index (χ0n) is 13.6. The van der Waals surface area contributed by atoms with E-state index in [2.05, 4.69) is 44.3 Å². The first-order valence-electron chi connectivity index (χ1n) is 8.17. The van der Waals surface area contributed by atoms with Gasteiger partial charge in [0.2, 0.25) is 0 Å². The highest BCUT2D eigenvalue weighted by molar-refractivity contribution is 5.35. The van der Waals surface area contributed by atoms with Gasteiger partial charge in [0.1, 0.15) is 5.75 Å². The fraction of sp³-hybridized carbons (Fsp3) is 0.667. The van der Waals surface area contributed by atoms with Gasteiger partial charge in [-0.15, -0.1) is 0 Å². The molecule has 0 fully saturated rings. The first kappa shape index (κ1) is 17.0. The molecule has 20 heavy (non-hydrogen) atoms. The van der Waals surface area contributed by atoms with Crippen molar-refractivity contribution in [2.24, 2.45) is 5.92 Å². The van der Waals surface area contributed by atoms with Gasteiger partial charge in [-0.05, 0) is 38.8 Å². The van der Waals surface area contributed by atoms with E-state index < -0.39 is 0 Å². The normalized spacial score (nSPS) is 14.0. The Morgan fingerprint density at radius 1 is 1.15 bits per heavy atom. The number of rotatable bonds is 10. The summed E-state index contributed by atoms with van der Waals surface area (Å²) in [5.74, 6) is 1.80. The lowest BCUT2D eigenvalue weighted by Crippen LogP contribution is -2.26. The zero-order chi connectivity index (χ0) is 14.8. The average molecular weight is 277 g/mol. The molecular formula is C18H31NO. The van der Waals surface area contributed by atoms with Crippen LogP contribution in [-0.4, -0.2) is 13.2 Å². The molecule has 0 aliphatic rings. The van der Waals surface area contributed by atoms with Crippen LogP contribution in [0.25, 0.3) is 0 Å². The van der Waals surface area contributed by atoms with Gasteiger partial charge in [0.15, 0.2) is 0 Å². The van der Waals surface area contributed by atoms with Crippen molar-refractivity contribution in [3.05, 3.63) is 29.8 Å². The molecule has 0 radical (unpaired) electrons. The molecular weight excluding hydrogens is 246 g/mol. The van der Waals surface area contributed by atoms with Gasteiger partial charge in [0.05, 0.1) is 6.61 Å². The molecule has 1 aromatic carbocycles. The molecule has 2 atom stereocenters. The van der Waals surface area contributed by atoms with Crippen molar-refractivity contribution in [1.82, 2.24) is 5.32 Å². The molecule has 0 amide bonds. The Kier molecular flexibility index (Phi) is 8.36. The first-order chi connectivity index (χ1) is 9.72. The van der Waals surface area contributed by atoms with Gasteiger partial charge in [-0.2, -0.15) is 0 Å². The Morgan fingerprint density at radius 3 is 2.55 bits per heavy atom. The second-order valence-corrected chi connectivity index (χ2v) is 5.52. The predicted molar refractivity (Wildman–Crippen MR) is 87.3 cm³/mol. The molecule has 2 heteroatoms. The third-order valence-electron chi connectivity index (χ3n) is 3.94. The third-order valence-corrected chi connectivity index (χ3v) is 3.94. The highest BCUT2D eigenvalue weighted by Gasteiger charge is 2.13. The van der Waals surface area contributed by atoms with E-state index >= 15 is 0 Å². The molecule has 0 aliphatic carbocycles. The van der Waals surface area contributed by atoms with Crippen molar-refractivity contribution in [1.29, 1.82) is 0 Å². The van der Waals surface area contributed by atoms with Crippen LogP contribution in [0.1, 0.15) is 65.0 Å². The fourth-order valence-electron chi connectivity index (χ4n) is 2.52. The fourth-order valence-corrected chi connectivity index (χ4v) is 2.52. The van der Waals surface area contributed by atoms with E-state index in [0.29, 0.717) is 6.04 Å². The molecule has 2 unspecified atom stereocenters. The van der Waals surface area contributed by atoms with E-state index in [1.165, 1.54) is 31.2 Å². The summed E-state index contributed by atoms with van der Waals surface area (Å²) in [5.41, 5.74) is 1.26. The van der Waals surface area contributed by atoms with Crippen LogP contribution in [0.2, 0.25) is 0 Å². The quantitative estimate of drug-likeness (QED) is 0.653. The van der Waals surface area contributed by atoms with Gasteiger partial charge in [-0.25, -0.2) is 0 Å². The summed E-state index contributed by atoms with van der Waals surface area (Å²) in [6.45, 7) is 10.6. The number of ether oxygens (including phenoxy) is 1. The minimum Gasteiger partial charge on any atom is -0.494 e. The molecule has 2 nitrogen and oxygen atoms in total. The Morgan fingerprint density at radius 2 is 1.90 bits per heavy atom. The standard InChI is InChI=1S/C18H31NO/c1-5-8-11-16(6-2)14-19-15(4)17-12-9-10-13-18(17)20-7-3/h9-10,12-13,15-16,19H,5-8,11,14H2,1-4H3. The number of hydrogen-bond acceptors (Lipinski definition) is 2. The molecule has 0 saturated carbocycles. The van der Waals surface area contributed by atoms with Gasteiger partial charge < -0.3 is 10.1 Å². The lowest BCUT2D eigenvalue weighted by Gasteiger charge is -2.21. The minimum absolute atomic E-state index is 0.341. The van der Waals surface area contributed by atoms with Gasteiger partial charge >= 0.3 is 0 Å². The average Bonchev–Trinajstić information content (AvgIpc) is 2.48. The smallest absolute Gasteiger partial charge is 0.124 e. The Bertz CT molecular complexity index is 364. The van der Waals surface area contributed by atoms with Crippen molar-refractivity contribution in [2.75, 3.05) is 13.2 Å². The van der Waals surface area contributed by atoms with E-state index in [4.69, 9.17) is 4.74 Å². The largest absolute Gasteiger partial charge is 0.494 e. The van der Waals surface area contributed by atoms with Crippen molar-refractivity contribution >= 4 is 0 Å². The molecule has 1 rings (SSSR count). The Hall–Kier alpha value is -1.02. The summed E-state index contributed by atoms with van der Waals surface area (Å²) in [6, 6.07) is 8.69.